The summed E-state index contributed by atoms with van der Waals surface area (Å²) in [7, 11) is -0.265. The standard InChI is InChI=1S/C20H28N2O4S/c1-19(2)15-9-10-20(19,17(23)12-15)13-27(25,26)21-16-7-5-14(6-8-16)11-18(24)22(3)4/h5-8,15,21H,9-13H2,1-4H3. The molecule has 0 saturated heterocycles. The molecular weight excluding hydrogens is 364 g/mol. The number of carbonyl (C=O) groups excluding carboxylic acids is 2. The highest BCUT2D eigenvalue weighted by atomic mass is 32.2. The van der Waals surface area contributed by atoms with Gasteiger partial charge in [0.1, 0.15) is 5.78 Å². The van der Waals surface area contributed by atoms with Crippen LogP contribution in [0.1, 0.15) is 38.7 Å². The van der Waals surface area contributed by atoms with E-state index in [2.05, 4.69) is 4.72 Å². The minimum absolute atomic E-state index is 0.0137. The second-order valence-electron chi connectivity index (χ2n) is 8.69. The summed E-state index contributed by atoms with van der Waals surface area (Å²) < 4.78 is 28.2. The number of anilines is 1. The number of hydrogen-bond donors (Lipinski definition) is 1. The number of Topliss-reactive ketones (excluding diaryl/α,β-unsaturated/α-hetero) is 1. The molecule has 2 aliphatic rings. The number of rotatable bonds is 6. The van der Waals surface area contributed by atoms with Crippen molar-refractivity contribution < 1.29 is 18.0 Å². The van der Waals surface area contributed by atoms with Crippen LogP contribution in [0.2, 0.25) is 0 Å². The lowest BCUT2D eigenvalue weighted by Gasteiger charge is -2.36. The first-order valence-electron chi connectivity index (χ1n) is 9.30. The molecular formula is C20H28N2O4S. The van der Waals surface area contributed by atoms with Crippen LogP contribution in [-0.2, 0) is 26.0 Å². The zero-order valence-corrected chi connectivity index (χ0v) is 17.2. The van der Waals surface area contributed by atoms with Gasteiger partial charge in [0.15, 0.2) is 0 Å². The van der Waals surface area contributed by atoms with Gasteiger partial charge in [-0.25, -0.2) is 8.42 Å². The van der Waals surface area contributed by atoms with E-state index in [-0.39, 0.29) is 35.2 Å². The molecule has 6 nitrogen and oxygen atoms in total. The van der Waals surface area contributed by atoms with Crippen molar-refractivity contribution in [3.05, 3.63) is 29.8 Å². The smallest absolute Gasteiger partial charge is 0.233 e. The van der Waals surface area contributed by atoms with Gasteiger partial charge < -0.3 is 4.90 Å². The molecule has 2 saturated carbocycles. The molecule has 27 heavy (non-hydrogen) atoms. The van der Waals surface area contributed by atoms with Crippen LogP contribution in [0.3, 0.4) is 0 Å². The Labute approximate surface area is 161 Å². The second kappa shape index (κ2) is 6.62. The van der Waals surface area contributed by atoms with E-state index >= 15 is 0 Å². The highest BCUT2D eigenvalue weighted by Crippen LogP contribution is 2.64. The van der Waals surface area contributed by atoms with Crippen LogP contribution >= 0.6 is 0 Å². The summed E-state index contributed by atoms with van der Waals surface area (Å²) in [5, 5.41) is 0. The SMILES string of the molecule is CN(C)C(=O)Cc1ccc(NS(=O)(=O)CC23CCC(CC2=O)C3(C)C)cc1. The van der Waals surface area contributed by atoms with E-state index in [1.165, 1.54) is 4.90 Å². The van der Waals surface area contributed by atoms with Crippen molar-refractivity contribution in [3.8, 4) is 0 Å². The van der Waals surface area contributed by atoms with E-state index in [4.69, 9.17) is 0 Å². The quantitative estimate of drug-likeness (QED) is 0.806. The molecule has 2 unspecified atom stereocenters. The van der Waals surface area contributed by atoms with Gasteiger partial charge in [-0.3, -0.25) is 14.3 Å². The van der Waals surface area contributed by atoms with Crippen LogP contribution in [-0.4, -0.2) is 44.9 Å². The zero-order chi connectivity index (χ0) is 20.0. The number of nitrogens with zero attached hydrogens (tertiary/aromatic N) is 1. The minimum atomic E-state index is -3.66. The van der Waals surface area contributed by atoms with Gasteiger partial charge in [-0.2, -0.15) is 0 Å². The normalized spacial score (nSPS) is 26.2. The summed E-state index contributed by atoms with van der Waals surface area (Å²) in [6, 6.07) is 6.81. The van der Waals surface area contributed by atoms with E-state index in [0.717, 1.165) is 12.0 Å². The molecule has 7 heteroatoms. The van der Waals surface area contributed by atoms with Crippen molar-refractivity contribution in [2.75, 3.05) is 24.6 Å². The molecule has 0 radical (unpaired) electrons. The van der Waals surface area contributed by atoms with Crippen LogP contribution in [0.5, 0.6) is 0 Å². The van der Waals surface area contributed by atoms with Gasteiger partial charge in [-0.1, -0.05) is 26.0 Å². The number of amides is 1. The molecule has 2 fully saturated rings. The maximum atomic E-state index is 12.8. The number of likely N-dealkylation sites (N-methyl/N-ethyl adjacent to an activating group) is 1. The second-order valence-corrected chi connectivity index (χ2v) is 10.4. The Kier molecular flexibility index (Phi) is 4.87. The first kappa shape index (κ1) is 19.9. The van der Waals surface area contributed by atoms with E-state index in [9.17, 15) is 18.0 Å². The van der Waals surface area contributed by atoms with Gasteiger partial charge in [0.05, 0.1) is 17.6 Å². The molecule has 3 rings (SSSR count). The number of sulfonamides is 1. The first-order valence-corrected chi connectivity index (χ1v) is 10.9. The van der Waals surface area contributed by atoms with Gasteiger partial charge in [0.2, 0.25) is 15.9 Å². The van der Waals surface area contributed by atoms with Crippen LogP contribution in [0.25, 0.3) is 0 Å². The average Bonchev–Trinajstić information content (AvgIpc) is 2.90. The molecule has 2 bridgehead atoms. The largest absolute Gasteiger partial charge is 0.349 e. The number of benzene rings is 1. The van der Waals surface area contributed by atoms with Crippen LogP contribution in [0.4, 0.5) is 5.69 Å². The van der Waals surface area contributed by atoms with Gasteiger partial charge in [-0.05, 0) is 41.9 Å². The molecule has 0 spiro atoms. The predicted octanol–water partition coefficient (Wildman–Crippen LogP) is 2.45. The topological polar surface area (TPSA) is 83.6 Å². The fraction of sp³-hybridized carbons (Fsp3) is 0.600. The number of carbonyl (C=O) groups is 2. The molecule has 2 aliphatic carbocycles. The summed E-state index contributed by atoms with van der Waals surface area (Å²) in [5.41, 5.74) is 0.211. The Balaban J connectivity index is 1.72. The molecule has 1 aromatic rings. The number of nitrogens with one attached hydrogen (secondary N) is 1. The van der Waals surface area contributed by atoms with Crippen molar-refractivity contribution in [1.29, 1.82) is 0 Å². The maximum Gasteiger partial charge on any atom is 0.233 e. The third kappa shape index (κ3) is 3.49. The van der Waals surface area contributed by atoms with E-state index < -0.39 is 15.4 Å². The van der Waals surface area contributed by atoms with Crippen molar-refractivity contribution >= 4 is 27.4 Å². The predicted molar refractivity (Wildman–Crippen MR) is 105 cm³/mol. The third-order valence-corrected chi connectivity index (χ3v) is 8.08. The summed E-state index contributed by atoms with van der Waals surface area (Å²) in [6.07, 6.45) is 2.34. The number of hydrogen-bond acceptors (Lipinski definition) is 4. The van der Waals surface area contributed by atoms with Gasteiger partial charge in [0.25, 0.3) is 0 Å². The van der Waals surface area contributed by atoms with Gasteiger partial charge in [-0.15, -0.1) is 0 Å². The lowest BCUT2D eigenvalue weighted by molar-refractivity contribution is -0.128. The Morgan fingerprint density at radius 3 is 2.33 bits per heavy atom. The van der Waals surface area contributed by atoms with Crippen molar-refractivity contribution in [1.82, 2.24) is 4.90 Å². The summed E-state index contributed by atoms with van der Waals surface area (Å²) in [4.78, 5) is 25.9. The number of fused-ring (bicyclic) bond motifs is 2. The van der Waals surface area contributed by atoms with E-state index in [0.29, 0.717) is 18.5 Å². The van der Waals surface area contributed by atoms with Crippen molar-refractivity contribution in [2.45, 2.75) is 39.5 Å². The molecule has 0 aliphatic heterocycles. The summed E-state index contributed by atoms with van der Waals surface area (Å²) in [5.74, 6) is 0.198. The highest BCUT2D eigenvalue weighted by Gasteiger charge is 2.65. The Hall–Kier alpha value is -1.89. The first-order chi connectivity index (χ1) is 12.5. The molecule has 148 valence electrons. The van der Waals surface area contributed by atoms with Crippen LogP contribution < -0.4 is 4.72 Å². The Morgan fingerprint density at radius 1 is 1.22 bits per heavy atom. The summed E-state index contributed by atoms with van der Waals surface area (Å²) in [6.45, 7) is 4.06. The molecule has 1 N–H and O–H groups in total. The molecule has 1 amide bonds. The maximum absolute atomic E-state index is 12.8. The monoisotopic (exact) mass is 392 g/mol. The highest BCUT2D eigenvalue weighted by molar-refractivity contribution is 7.92. The average molecular weight is 393 g/mol. The van der Waals surface area contributed by atoms with E-state index in [1.807, 2.05) is 13.8 Å². The molecule has 2 atom stereocenters. The van der Waals surface area contributed by atoms with Crippen molar-refractivity contribution in [3.63, 3.8) is 0 Å². The van der Waals surface area contributed by atoms with Gasteiger partial charge in [0, 0.05) is 26.2 Å². The molecule has 1 aromatic carbocycles. The lowest BCUT2D eigenvalue weighted by Crippen LogP contribution is -2.43. The third-order valence-electron chi connectivity index (χ3n) is 6.66. The Bertz CT molecular complexity index is 858. The van der Waals surface area contributed by atoms with E-state index in [1.54, 1.807) is 38.4 Å². The van der Waals surface area contributed by atoms with Crippen molar-refractivity contribution in [2.24, 2.45) is 16.7 Å². The number of ketones is 1. The van der Waals surface area contributed by atoms with Gasteiger partial charge >= 0.3 is 0 Å². The summed E-state index contributed by atoms with van der Waals surface area (Å²) >= 11 is 0. The molecule has 0 heterocycles. The zero-order valence-electron chi connectivity index (χ0n) is 16.4. The van der Waals surface area contributed by atoms with Crippen LogP contribution in [0, 0.1) is 16.7 Å². The fourth-order valence-electron chi connectivity index (χ4n) is 4.67. The molecule has 0 aromatic heterocycles. The van der Waals surface area contributed by atoms with Crippen LogP contribution in [0.15, 0.2) is 24.3 Å². The fourth-order valence-corrected chi connectivity index (χ4v) is 6.57. The lowest BCUT2D eigenvalue weighted by atomic mass is 9.70. The minimum Gasteiger partial charge on any atom is -0.349 e. The Morgan fingerprint density at radius 2 is 1.85 bits per heavy atom.